The molecule has 3 atom stereocenters. The van der Waals surface area contributed by atoms with Crippen LogP contribution in [0.2, 0.25) is 0 Å². The minimum absolute atomic E-state index is 0.0998. The molecule has 1 heteroatoms. The first-order valence-electron chi connectivity index (χ1n) is 7.58. The van der Waals surface area contributed by atoms with Crippen molar-refractivity contribution in [1.82, 2.24) is 0 Å². The smallest absolute Gasteiger partial charge is 0.0608 e. The highest BCUT2D eigenvalue weighted by molar-refractivity contribution is 5.35. The molecule has 1 N–H and O–H groups in total. The molecule has 0 heterocycles. The third-order valence-electron chi connectivity index (χ3n) is 5.43. The van der Waals surface area contributed by atoms with Crippen molar-refractivity contribution in [3.63, 3.8) is 0 Å². The van der Waals surface area contributed by atoms with Crippen LogP contribution < -0.4 is 0 Å². The van der Waals surface area contributed by atoms with E-state index in [-0.39, 0.29) is 6.10 Å². The Hall–Kier alpha value is -0.820. The van der Waals surface area contributed by atoms with Gasteiger partial charge < -0.3 is 5.11 Å². The van der Waals surface area contributed by atoms with Gasteiger partial charge in [0.1, 0.15) is 0 Å². The SMILES string of the molecule is OC(Cc1ccc2c(c1)CCC2)C1CC2CC2C1. The molecule has 3 aliphatic carbocycles. The summed E-state index contributed by atoms with van der Waals surface area (Å²) in [5, 5.41) is 10.4. The van der Waals surface area contributed by atoms with Gasteiger partial charge in [0.2, 0.25) is 0 Å². The summed E-state index contributed by atoms with van der Waals surface area (Å²) in [7, 11) is 0. The van der Waals surface area contributed by atoms with Gasteiger partial charge >= 0.3 is 0 Å². The zero-order chi connectivity index (χ0) is 12.1. The standard InChI is InChI=1S/C17H22O/c18-17(16-9-14-8-15(14)10-16)7-11-4-5-12-2-1-3-13(12)6-11/h4-6,14-18H,1-3,7-10H2. The second-order valence-corrected chi connectivity index (χ2v) is 6.72. The van der Waals surface area contributed by atoms with E-state index in [2.05, 4.69) is 18.2 Å². The van der Waals surface area contributed by atoms with Gasteiger partial charge in [0.15, 0.2) is 0 Å². The number of aryl methyl sites for hydroxylation is 2. The van der Waals surface area contributed by atoms with Crippen LogP contribution in [-0.2, 0) is 19.3 Å². The molecule has 4 rings (SSSR count). The van der Waals surface area contributed by atoms with Crippen LogP contribution in [0.1, 0.15) is 42.4 Å². The summed E-state index contributed by atoms with van der Waals surface area (Å²) in [6.45, 7) is 0. The molecule has 0 saturated heterocycles. The zero-order valence-corrected chi connectivity index (χ0v) is 10.9. The molecule has 0 bridgehead atoms. The number of aliphatic hydroxyl groups excluding tert-OH is 1. The minimum atomic E-state index is -0.0998. The Labute approximate surface area is 109 Å². The molecule has 2 fully saturated rings. The van der Waals surface area contributed by atoms with Crippen LogP contribution in [0.3, 0.4) is 0 Å². The van der Waals surface area contributed by atoms with E-state index in [0.29, 0.717) is 5.92 Å². The lowest BCUT2D eigenvalue weighted by Gasteiger charge is -2.19. The van der Waals surface area contributed by atoms with E-state index in [1.807, 2.05) is 0 Å². The first kappa shape index (κ1) is 11.0. The first-order chi connectivity index (χ1) is 8.79. The molecule has 1 nitrogen and oxygen atoms in total. The maximum absolute atomic E-state index is 10.4. The summed E-state index contributed by atoms with van der Waals surface area (Å²) in [6.07, 6.45) is 8.61. The molecule has 3 aliphatic rings. The lowest BCUT2D eigenvalue weighted by molar-refractivity contribution is 0.104. The van der Waals surface area contributed by atoms with E-state index in [4.69, 9.17) is 0 Å². The number of benzene rings is 1. The average molecular weight is 242 g/mol. The van der Waals surface area contributed by atoms with Crippen LogP contribution in [-0.4, -0.2) is 11.2 Å². The van der Waals surface area contributed by atoms with Gasteiger partial charge in [-0.15, -0.1) is 0 Å². The second-order valence-electron chi connectivity index (χ2n) is 6.72. The van der Waals surface area contributed by atoms with Crippen LogP contribution in [0.4, 0.5) is 0 Å². The predicted molar refractivity (Wildman–Crippen MR) is 72.5 cm³/mol. The molecule has 0 amide bonds. The molecule has 18 heavy (non-hydrogen) atoms. The topological polar surface area (TPSA) is 20.2 Å². The van der Waals surface area contributed by atoms with Gasteiger partial charge in [-0.05, 0) is 79.4 Å². The van der Waals surface area contributed by atoms with Crippen molar-refractivity contribution in [3.8, 4) is 0 Å². The fourth-order valence-corrected chi connectivity index (χ4v) is 4.24. The molecule has 3 unspecified atom stereocenters. The van der Waals surface area contributed by atoms with Crippen molar-refractivity contribution in [2.45, 2.75) is 51.0 Å². The molecule has 96 valence electrons. The van der Waals surface area contributed by atoms with Crippen molar-refractivity contribution >= 4 is 0 Å². The maximum atomic E-state index is 10.4. The molecule has 0 aromatic heterocycles. The predicted octanol–water partition coefficient (Wildman–Crippen LogP) is 3.12. The highest BCUT2D eigenvalue weighted by Gasteiger charge is 2.47. The molecule has 2 saturated carbocycles. The zero-order valence-electron chi connectivity index (χ0n) is 10.9. The average Bonchev–Trinajstić information content (AvgIpc) is 2.79. The van der Waals surface area contributed by atoms with Gasteiger partial charge in [0.25, 0.3) is 0 Å². The molecule has 1 aromatic carbocycles. The molecular formula is C17H22O. The van der Waals surface area contributed by atoms with E-state index >= 15 is 0 Å². The molecule has 0 aliphatic heterocycles. The minimum Gasteiger partial charge on any atom is -0.392 e. The number of fused-ring (bicyclic) bond motifs is 2. The Kier molecular flexibility index (Phi) is 2.51. The van der Waals surface area contributed by atoms with Crippen LogP contribution >= 0.6 is 0 Å². The summed E-state index contributed by atoms with van der Waals surface area (Å²) < 4.78 is 0. The number of hydrogen-bond acceptors (Lipinski definition) is 1. The second kappa shape index (κ2) is 4.09. The van der Waals surface area contributed by atoms with E-state index in [1.54, 1.807) is 0 Å². The summed E-state index contributed by atoms with van der Waals surface area (Å²) in [4.78, 5) is 0. The quantitative estimate of drug-likeness (QED) is 0.863. The van der Waals surface area contributed by atoms with E-state index < -0.39 is 0 Å². The van der Waals surface area contributed by atoms with Gasteiger partial charge in [0.05, 0.1) is 6.10 Å². The molecular weight excluding hydrogens is 220 g/mol. The van der Waals surface area contributed by atoms with Gasteiger partial charge in [-0.25, -0.2) is 0 Å². The summed E-state index contributed by atoms with van der Waals surface area (Å²) in [5.41, 5.74) is 4.42. The molecule has 1 aromatic rings. The van der Waals surface area contributed by atoms with Gasteiger partial charge in [-0.3, -0.25) is 0 Å². The fourth-order valence-electron chi connectivity index (χ4n) is 4.24. The summed E-state index contributed by atoms with van der Waals surface area (Å²) in [5.74, 6) is 2.54. The lowest BCUT2D eigenvalue weighted by atomic mass is 9.91. The monoisotopic (exact) mass is 242 g/mol. The van der Waals surface area contributed by atoms with E-state index in [0.717, 1.165) is 18.3 Å². The Balaban J connectivity index is 1.44. The highest BCUT2D eigenvalue weighted by atomic mass is 16.3. The third kappa shape index (κ3) is 1.89. The number of aliphatic hydroxyl groups is 1. The fraction of sp³-hybridized carbons (Fsp3) is 0.647. The largest absolute Gasteiger partial charge is 0.392 e. The van der Waals surface area contributed by atoms with E-state index in [9.17, 15) is 5.11 Å². The van der Waals surface area contributed by atoms with E-state index in [1.165, 1.54) is 55.2 Å². The van der Waals surface area contributed by atoms with Crippen molar-refractivity contribution in [3.05, 3.63) is 34.9 Å². The van der Waals surface area contributed by atoms with Crippen molar-refractivity contribution in [2.75, 3.05) is 0 Å². The van der Waals surface area contributed by atoms with Gasteiger partial charge in [0, 0.05) is 0 Å². The number of hydrogen-bond donors (Lipinski definition) is 1. The Morgan fingerprint density at radius 1 is 1.06 bits per heavy atom. The van der Waals surface area contributed by atoms with Gasteiger partial charge in [-0.1, -0.05) is 18.2 Å². The summed E-state index contributed by atoms with van der Waals surface area (Å²) in [6, 6.07) is 6.88. The Morgan fingerprint density at radius 3 is 2.67 bits per heavy atom. The number of rotatable bonds is 3. The van der Waals surface area contributed by atoms with Crippen LogP contribution in [0.15, 0.2) is 18.2 Å². The lowest BCUT2D eigenvalue weighted by Crippen LogP contribution is -2.21. The third-order valence-corrected chi connectivity index (χ3v) is 5.43. The Morgan fingerprint density at radius 2 is 1.83 bits per heavy atom. The maximum Gasteiger partial charge on any atom is 0.0608 e. The first-order valence-corrected chi connectivity index (χ1v) is 7.58. The van der Waals surface area contributed by atoms with Crippen molar-refractivity contribution < 1.29 is 5.11 Å². The van der Waals surface area contributed by atoms with Crippen LogP contribution in [0, 0.1) is 17.8 Å². The normalized spacial score (nSPS) is 34.2. The van der Waals surface area contributed by atoms with Crippen LogP contribution in [0.25, 0.3) is 0 Å². The van der Waals surface area contributed by atoms with Crippen molar-refractivity contribution in [1.29, 1.82) is 0 Å². The van der Waals surface area contributed by atoms with Crippen LogP contribution in [0.5, 0.6) is 0 Å². The molecule has 0 radical (unpaired) electrons. The Bertz CT molecular complexity index is 455. The van der Waals surface area contributed by atoms with Crippen molar-refractivity contribution in [2.24, 2.45) is 17.8 Å². The van der Waals surface area contributed by atoms with Gasteiger partial charge in [-0.2, -0.15) is 0 Å². The molecule has 0 spiro atoms. The highest BCUT2D eigenvalue weighted by Crippen LogP contribution is 2.55. The summed E-state index contributed by atoms with van der Waals surface area (Å²) >= 11 is 0.